The maximum absolute atomic E-state index is 2.51. The highest BCUT2D eigenvalue weighted by Gasteiger charge is 2.04. The Morgan fingerprint density at radius 1 is 0.231 bits per heavy atom. The molecule has 0 nitrogen and oxygen atoms in total. The van der Waals surface area contributed by atoms with Crippen LogP contribution in [0.5, 0.6) is 0 Å². The summed E-state index contributed by atoms with van der Waals surface area (Å²) >= 11 is 0. The van der Waals surface area contributed by atoms with E-state index in [4.69, 9.17) is 0 Å². The lowest BCUT2D eigenvalue weighted by molar-refractivity contribution is 0.416. The van der Waals surface area contributed by atoms with E-state index in [0.717, 1.165) is 11.8 Å². The smallest absolute Gasteiger partial charge is 0.0443 e. The highest BCUT2D eigenvalue weighted by molar-refractivity contribution is 4.58. The van der Waals surface area contributed by atoms with Crippen LogP contribution in [0.15, 0.2) is 0 Å². The lowest BCUT2D eigenvalue weighted by atomic mass is 9.94. The Bertz CT molecular complexity index is 374. The maximum Gasteiger partial charge on any atom is -0.0443 e. The molecular weight excluding hydrogens is 468 g/mol. The van der Waals surface area contributed by atoms with Crippen molar-refractivity contribution in [2.45, 2.75) is 240 Å². The van der Waals surface area contributed by atoms with Crippen molar-refractivity contribution < 1.29 is 0 Å². The van der Waals surface area contributed by atoms with Gasteiger partial charge in [-0.2, -0.15) is 0 Å². The summed E-state index contributed by atoms with van der Waals surface area (Å²) in [5.41, 5.74) is 0. The first-order chi connectivity index (χ1) is 19.2. The van der Waals surface area contributed by atoms with Crippen molar-refractivity contribution in [2.24, 2.45) is 11.8 Å². The predicted molar refractivity (Wildman–Crippen MR) is 182 cm³/mol. The first-order valence-corrected chi connectivity index (χ1v) is 19.2. The van der Waals surface area contributed by atoms with Gasteiger partial charge in [-0.05, 0) is 11.8 Å². The Morgan fingerprint density at radius 3 is 0.564 bits per heavy atom. The summed E-state index contributed by atoms with van der Waals surface area (Å²) in [4.78, 5) is 0. The van der Waals surface area contributed by atoms with Crippen LogP contribution in [0, 0.1) is 11.8 Å². The minimum atomic E-state index is 0.962. The van der Waals surface area contributed by atoms with Crippen molar-refractivity contribution in [1.29, 1.82) is 0 Å². The van der Waals surface area contributed by atoms with E-state index in [-0.39, 0.29) is 0 Å². The van der Waals surface area contributed by atoms with Gasteiger partial charge in [0.2, 0.25) is 0 Å². The van der Waals surface area contributed by atoms with E-state index >= 15 is 0 Å². The molecule has 0 N–H and O–H groups in total. The van der Waals surface area contributed by atoms with Gasteiger partial charge in [-0.1, -0.05) is 240 Å². The van der Waals surface area contributed by atoms with Crippen molar-refractivity contribution in [3.63, 3.8) is 0 Å². The molecule has 0 rings (SSSR count). The molecule has 0 amide bonds. The molecular formula is C39H80. The normalized spacial score (nSPS) is 13.2. The molecule has 0 heterocycles. The highest BCUT2D eigenvalue weighted by Crippen LogP contribution is 2.21. The zero-order valence-electron chi connectivity index (χ0n) is 28.5. The Morgan fingerprint density at radius 2 is 0.385 bits per heavy atom. The number of rotatable bonds is 34. The second-order valence-electron chi connectivity index (χ2n) is 13.9. The molecule has 0 aromatic carbocycles. The third-order valence-corrected chi connectivity index (χ3v) is 9.49. The van der Waals surface area contributed by atoms with Crippen LogP contribution in [0.1, 0.15) is 240 Å². The predicted octanol–water partition coefficient (Wildman–Crippen LogP) is 15.2. The van der Waals surface area contributed by atoms with Gasteiger partial charge < -0.3 is 0 Å². The fourth-order valence-corrected chi connectivity index (χ4v) is 6.47. The second-order valence-corrected chi connectivity index (χ2v) is 13.9. The molecule has 0 bridgehead atoms. The molecule has 0 saturated heterocycles. The molecule has 236 valence electrons. The summed E-state index contributed by atoms with van der Waals surface area (Å²) in [7, 11) is 0. The Hall–Kier alpha value is 0. The Balaban J connectivity index is 3.24. The summed E-state index contributed by atoms with van der Waals surface area (Å²) in [6, 6.07) is 0. The van der Waals surface area contributed by atoms with Gasteiger partial charge in [-0.25, -0.2) is 0 Å². The summed E-state index contributed by atoms with van der Waals surface area (Å²) < 4.78 is 0. The van der Waals surface area contributed by atoms with E-state index in [1.165, 1.54) is 212 Å². The molecule has 0 fully saturated rings. The summed E-state index contributed by atoms with van der Waals surface area (Å²) in [6.45, 7) is 9.64. The topological polar surface area (TPSA) is 0 Å². The lowest BCUT2D eigenvalue weighted by Gasteiger charge is -2.12. The minimum Gasteiger partial charge on any atom is -0.0654 e. The molecule has 2 unspecified atom stereocenters. The van der Waals surface area contributed by atoms with Gasteiger partial charge in [0.25, 0.3) is 0 Å². The van der Waals surface area contributed by atoms with Crippen LogP contribution in [0.4, 0.5) is 0 Å². The summed E-state index contributed by atoms with van der Waals surface area (Å²) in [6.07, 6.45) is 48.6. The van der Waals surface area contributed by atoms with E-state index < -0.39 is 0 Å². The van der Waals surface area contributed by atoms with Gasteiger partial charge in [0.1, 0.15) is 0 Å². The molecule has 0 spiro atoms. The van der Waals surface area contributed by atoms with E-state index in [0.29, 0.717) is 0 Å². The van der Waals surface area contributed by atoms with Crippen molar-refractivity contribution >= 4 is 0 Å². The van der Waals surface area contributed by atoms with E-state index in [1.54, 1.807) is 0 Å². The quantitative estimate of drug-likeness (QED) is 0.0701. The maximum atomic E-state index is 2.51. The fourth-order valence-electron chi connectivity index (χ4n) is 6.47. The van der Waals surface area contributed by atoms with Gasteiger partial charge in [0.05, 0.1) is 0 Å². The van der Waals surface area contributed by atoms with Gasteiger partial charge in [-0.3, -0.25) is 0 Å². The molecule has 2 atom stereocenters. The number of unbranched alkanes of at least 4 members (excludes halogenated alkanes) is 26. The molecule has 0 aliphatic rings. The molecule has 0 aliphatic carbocycles. The van der Waals surface area contributed by atoms with Crippen molar-refractivity contribution in [3.8, 4) is 0 Å². The molecule has 39 heavy (non-hydrogen) atoms. The van der Waals surface area contributed by atoms with Crippen LogP contribution in [0.3, 0.4) is 0 Å². The van der Waals surface area contributed by atoms with Gasteiger partial charge in [0.15, 0.2) is 0 Å². The molecule has 0 aromatic rings. The lowest BCUT2D eigenvalue weighted by Crippen LogP contribution is -1.96. The molecule has 0 saturated carbocycles. The SMILES string of the molecule is CCCCCCCCCCCCCCC(C)CCCCCCCC(C)CCCCCCCCCCCCCC. The van der Waals surface area contributed by atoms with Crippen LogP contribution in [0.2, 0.25) is 0 Å². The van der Waals surface area contributed by atoms with E-state index in [2.05, 4.69) is 27.7 Å². The summed E-state index contributed by atoms with van der Waals surface area (Å²) in [5.74, 6) is 1.92. The van der Waals surface area contributed by atoms with Gasteiger partial charge in [0, 0.05) is 0 Å². The molecule has 0 aliphatic heterocycles. The molecule has 0 radical (unpaired) electrons. The average molecular weight is 549 g/mol. The molecule has 0 aromatic heterocycles. The first-order valence-electron chi connectivity index (χ1n) is 19.2. The first kappa shape index (κ1) is 39.0. The number of hydrogen-bond donors (Lipinski definition) is 0. The minimum absolute atomic E-state index is 0.962. The van der Waals surface area contributed by atoms with E-state index in [9.17, 15) is 0 Å². The highest BCUT2D eigenvalue weighted by atomic mass is 14.1. The average Bonchev–Trinajstić information content (AvgIpc) is 2.93. The van der Waals surface area contributed by atoms with Crippen LogP contribution >= 0.6 is 0 Å². The monoisotopic (exact) mass is 549 g/mol. The van der Waals surface area contributed by atoms with Crippen molar-refractivity contribution in [2.75, 3.05) is 0 Å². The third kappa shape index (κ3) is 34.1. The standard InChI is InChI=1S/C39H80/c1-5-7-9-11-13-15-17-19-21-23-26-30-34-38(3)36-32-28-25-29-33-37-39(4)35-31-27-24-22-20-18-16-14-12-10-8-6-2/h38-39H,5-37H2,1-4H3. The zero-order valence-corrected chi connectivity index (χ0v) is 28.5. The second kappa shape index (κ2) is 34.2. The van der Waals surface area contributed by atoms with Crippen molar-refractivity contribution in [3.05, 3.63) is 0 Å². The Labute approximate surface area is 251 Å². The third-order valence-electron chi connectivity index (χ3n) is 9.49. The fraction of sp³-hybridized carbons (Fsp3) is 1.00. The number of hydrogen-bond acceptors (Lipinski definition) is 0. The van der Waals surface area contributed by atoms with Crippen LogP contribution < -0.4 is 0 Å². The van der Waals surface area contributed by atoms with E-state index in [1.807, 2.05) is 0 Å². The van der Waals surface area contributed by atoms with Crippen LogP contribution in [-0.2, 0) is 0 Å². The largest absolute Gasteiger partial charge is 0.0654 e. The van der Waals surface area contributed by atoms with Gasteiger partial charge >= 0.3 is 0 Å². The van der Waals surface area contributed by atoms with Crippen LogP contribution in [0.25, 0.3) is 0 Å². The van der Waals surface area contributed by atoms with Crippen LogP contribution in [-0.4, -0.2) is 0 Å². The zero-order chi connectivity index (χ0) is 28.5. The van der Waals surface area contributed by atoms with Gasteiger partial charge in [-0.15, -0.1) is 0 Å². The molecule has 0 heteroatoms. The van der Waals surface area contributed by atoms with Crippen molar-refractivity contribution in [1.82, 2.24) is 0 Å². The Kier molecular flexibility index (Phi) is 34.2. The summed E-state index contributed by atoms with van der Waals surface area (Å²) in [5, 5.41) is 0.